The summed E-state index contributed by atoms with van der Waals surface area (Å²) in [7, 11) is 1.97. The number of likely N-dealkylation sites (tertiary alicyclic amines) is 1. The van der Waals surface area contributed by atoms with Crippen LogP contribution >= 0.6 is 22.9 Å². The SMILES string of the molecule is Cc1cc2nc(-c3ccc4c(c3)c(C3CCN(C(=O)C5(C)COC5)CC3)nn4C)sc2c(-c2ccc(Cl)cc2)c1C(OC(C)(C)C)C(=O)O. The zero-order valence-electron chi connectivity index (χ0n) is 28.7. The summed E-state index contributed by atoms with van der Waals surface area (Å²) in [6.07, 6.45) is 0.531. The monoisotopic (exact) mass is 700 g/mol. The average molecular weight is 701 g/mol. The molecule has 2 aliphatic heterocycles. The number of ether oxygens (including phenoxy) is 2. The quantitative estimate of drug-likeness (QED) is 0.183. The maximum absolute atomic E-state index is 13.1. The van der Waals surface area contributed by atoms with E-state index in [0.717, 1.165) is 66.9 Å². The summed E-state index contributed by atoms with van der Waals surface area (Å²) in [5.74, 6) is -0.619. The summed E-state index contributed by atoms with van der Waals surface area (Å²) in [5, 5.41) is 17.9. The third kappa shape index (κ3) is 6.24. The second-order valence-electron chi connectivity index (χ2n) is 14.7. The molecule has 2 saturated heterocycles. The first-order valence-corrected chi connectivity index (χ1v) is 17.9. The molecule has 49 heavy (non-hydrogen) atoms. The Morgan fingerprint density at radius 3 is 2.37 bits per heavy atom. The van der Waals surface area contributed by atoms with Crippen molar-refractivity contribution in [2.24, 2.45) is 12.5 Å². The highest BCUT2D eigenvalue weighted by atomic mass is 35.5. The fourth-order valence-electron chi connectivity index (χ4n) is 7.16. The number of rotatable bonds is 7. The third-order valence-corrected chi connectivity index (χ3v) is 11.1. The summed E-state index contributed by atoms with van der Waals surface area (Å²) < 4.78 is 14.3. The van der Waals surface area contributed by atoms with Crippen molar-refractivity contribution in [1.82, 2.24) is 19.7 Å². The molecule has 0 spiro atoms. The Morgan fingerprint density at radius 1 is 1.08 bits per heavy atom. The number of piperidine rings is 1. The Morgan fingerprint density at radius 2 is 1.76 bits per heavy atom. The molecule has 1 unspecified atom stereocenters. The number of hydrogen-bond acceptors (Lipinski definition) is 7. The molecule has 0 saturated carbocycles. The Balaban J connectivity index is 1.29. The van der Waals surface area contributed by atoms with Gasteiger partial charge < -0.3 is 19.5 Å². The van der Waals surface area contributed by atoms with E-state index in [2.05, 4.69) is 18.2 Å². The molecule has 2 fully saturated rings. The highest BCUT2D eigenvalue weighted by molar-refractivity contribution is 7.22. The third-order valence-electron chi connectivity index (χ3n) is 9.67. The van der Waals surface area contributed by atoms with Crippen LogP contribution in [0.15, 0.2) is 48.5 Å². The van der Waals surface area contributed by atoms with E-state index >= 15 is 0 Å². The smallest absolute Gasteiger partial charge is 0.337 e. The minimum absolute atomic E-state index is 0.192. The lowest BCUT2D eigenvalue weighted by Gasteiger charge is -2.42. The van der Waals surface area contributed by atoms with Crippen molar-refractivity contribution in [3.8, 4) is 21.7 Å². The molecule has 1 N–H and O–H groups in total. The van der Waals surface area contributed by atoms with Gasteiger partial charge in [-0.2, -0.15) is 5.10 Å². The summed E-state index contributed by atoms with van der Waals surface area (Å²) in [4.78, 5) is 33.0. The standard InChI is InChI=1S/C38H41ClN4O5S/c1-21-17-27-33(30(22-7-10-25(39)11-8-22)29(21)32(35(44)45)48-37(2,3)4)49-34(40-27)24-9-12-28-26(18-24)31(41-42(28)6)23-13-15-43(16-14-23)36(46)38(5)19-47-20-38/h7-12,17-18,23,32H,13-16,19-20H2,1-6H3,(H,44,45). The molecular weight excluding hydrogens is 660 g/mol. The average Bonchev–Trinajstić information content (AvgIpc) is 3.62. The van der Waals surface area contributed by atoms with Gasteiger partial charge in [-0.1, -0.05) is 23.7 Å². The van der Waals surface area contributed by atoms with Gasteiger partial charge >= 0.3 is 5.97 Å². The topological polar surface area (TPSA) is 107 Å². The molecule has 3 aromatic carbocycles. The van der Waals surface area contributed by atoms with Gasteiger partial charge in [-0.25, -0.2) is 9.78 Å². The van der Waals surface area contributed by atoms with Crippen molar-refractivity contribution in [2.45, 2.75) is 65.1 Å². The van der Waals surface area contributed by atoms with E-state index in [1.54, 1.807) is 11.3 Å². The number of aryl methyl sites for hydroxylation is 2. The lowest BCUT2D eigenvalue weighted by Crippen LogP contribution is -2.54. The van der Waals surface area contributed by atoms with Crippen LogP contribution in [0.1, 0.15) is 69.4 Å². The number of aromatic nitrogens is 3. The first kappa shape index (κ1) is 33.7. The molecule has 5 aromatic rings. The molecular formula is C38H41ClN4O5S. The first-order chi connectivity index (χ1) is 23.2. The van der Waals surface area contributed by atoms with Crippen LogP contribution in [0.5, 0.6) is 0 Å². The number of aliphatic carboxylic acids is 1. The van der Waals surface area contributed by atoms with Gasteiger partial charge in [-0.3, -0.25) is 9.48 Å². The molecule has 1 atom stereocenters. The zero-order valence-corrected chi connectivity index (χ0v) is 30.2. The molecule has 0 radical (unpaired) electrons. The Bertz CT molecular complexity index is 2090. The van der Waals surface area contributed by atoms with Gasteiger partial charge in [-0.05, 0) is 95.0 Å². The van der Waals surface area contributed by atoms with Gasteiger partial charge in [0.1, 0.15) is 5.01 Å². The van der Waals surface area contributed by atoms with E-state index in [4.69, 9.17) is 31.2 Å². The Kier molecular flexibility index (Phi) is 8.58. The van der Waals surface area contributed by atoms with E-state index in [1.807, 2.05) is 81.6 Å². The molecule has 7 rings (SSSR count). The largest absolute Gasteiger partial charge is 0.479 e. The number of halogens is 1. The first-order valence-electron chi connectivity index (χ1n) is 16.7. The van der Waals surface area contributed by atoms with Crippen molar-refractivity contribution in [3.63, 3.8) is 0 Å². The van der Waals surface area contributed by atoms with Crippen LogP contribution < -0.4 is 0 Å². The van der Waals surface area contributed by atoms with Gasteiger partial charge in [0.25, 0.3) is 0 Å². The lowest BCUT2D eigenvalue weighted by atomic mass is 9.85. The van der Waals surface area contributed by atoms with Crippen molar-refractivity contribution in [1.29, 1.82) is 0 Å². The second-order valence-corrected chi connectivity index (χ2v) is 16.1. The number of hydrogen-bond donors (Lipinski definition) is 1. The van der Waals surface area contributed by atoms with Crippen LogP contribution in [-0.2, 0) is 26.1 Å². The summed E-state index contributed by atoms with van der Waals surface area (Å²) in [6, 6.07) is 15.8. The minimum atomic E-state index is -1.18. The van der Waals surface area contributed by atoms with Crippen molar-refractivity contribution in [3.05, 3.63) is 70.4 Å². The fourth-order valence-corrected chi connectivity index (χ4v) is 8.41. The summed E-state index contributed by atoms with van der Waals surface area (Å²) >= 11 is 7.82. The van der Waals surface area contributed by atoms with Crippen LogP contribution in [0.4, 0.5) is 0 Å². The number of benzene rings is 3. The summed E-state index contributed by atoms with van der Waals surface area (Å²) in [6.45, 7) is 11.9. The summed E-state index contributed by atoms with van der Waals surface area (Å²) in [5.41, 5.74) is 5.82. The highest BCUT2D eigenvalue weighted by Gasteiger charge is 2.44. The fraction of sp³-hybridized carbons (Fsp3) is 0.421. The number of nitrogens with zero attached hydrogens (tertiary/aromatic N) is 4. The van der Waals surface area contributed by atoms with Crippen molar-refractivity contribution in [2.75, 3.05) is 26.3 Å². The maximum Gasteiger partial charge on any atom is 0.337 e. The number of carboxylic acid groups (broad SMARTS) is 1. The Labute approximate surface area is 294 Å². The molecule has 0 bridgehead atoms. The van der Waals surface area contributed by atoms with Crippen molar-refractivity contribution >= 4 is 55.9 Å². The Hall–Kier alpha value is -3.83. The molecule has 11 heteroatoms. The molecule has 2 aliphatic rings. The number of fused-ring (bicyclic) bond motifs is 2. The number of carbonyl (C=O) groups is 2. The molecule has 0 aliphatic carbocycles. The minimum Gasteiger partial charge on any atom is -0.479 e. The van der Waals surface area contributed by atoms with E-state index in [0.29, 0.717) is 36.9 Å². The van der Waals surface area contributed by atoms with E-state index in [9.17, 15) is 14.7 Å². The van der Waals surface area contributed by atoms with Gasteiger partial charge in [0, 0.05) is 53.2 Å². The van der Waals surface area contributed by atoms with E-state index in [1.165, 1.54) is 0 Å². The number of amides is 1. The predicted octanol–water partition coefficient (Wildman–Crippen LogP) is 8.16. The normalized spacial score (nSPS) is 17.4. The van der Waals surface area contributed by atoms with Gasteiger partial charge in [0.05, 0.1) is 45.7 Å². The van der Waals surface area contributed by atoms with Gasteiger partial charge in [0.2, 0.25) is 5.91 Å². The van der Waals surface area contributed by atoms with Crippen LogP contribution in [0.25, 0.3) is 42.8 Å². The predicted molar refractivity (Wildman–Crippen MR) is 193 cm³/mol. The lowest BCUT2D eigenvalue weighted by molar-refractivity contribution is -0.169. The van der Waals surface area contributed by atoms with Gasteiger partial charge in [-0.15, -0.1) is 11.3 Å². The highest BCUT2D eigenvalue weighted by Crippen LogP contribution is 2.45. The number of carboxylic acids is 1. The zero-order chi connectivity index (χ0) is 34.8. The van der Waals surface area contributed by atoms with Gasteiger partial charge in [0.15, 0.2) is 6.10 Å². The molecule has 4 heterocycles. The number of carbonyl (C=O) groups excluding carboxylic acids is 1. The van der Waals surface area contributed by atoms with Crippen LogP contribution in [0, 0.1) is 12.3 Å². The van der Waals surface area contributed by atoms with Crippen LogP contribution in [0.3, 0.4) is 0 Å². The molecule has 256 valence electrons. The van der Waals surface area contributed by atoms with Crippen LogP contribution in [0.2, 0.25) is 5.02 Å². The maximum atomic E-state index is 13.1. The van der Waals surface area contributed by atoms with E-state index in [-0.39, 0.29) is 11.8 Å². The number of thiazole rings is 1. The second kappa shape index (κ2) is 12.5. The van der Waals surface area contributed by atoms with Crippen molar-refractivity contribution < 1.29 is 24.2 Å². The van der Waals surface area contributed by atoms with E-state index < -0.39 is 23.1 Å². The molecule has 2 aromatic heterocycles. The van der Waals surface area contributed by atoms with Crippen LogP contribution in [-0.4, -0.2) is 68.6 Å². The molecule has 1 amide bonds. The molecule has 9 nitrogen and oxygen atoms in total.